The molecule has 25 heavy (non-hydrogen) atoms. The highest BCUT2D eigenvalue weighted by molar-refractivity contribution is 6.06. The molecule has 2 aliphatic rings. The van der Waals surface area contributed by atoms with Gasteiger partial charge >= 0.3 is 0 Å². The van der Waals surface area contributed by atoms with E-state index in [4.69, 9.17) is 5.11 Å². The first-order valence-corrected chi connectivity index (χ1v) is 8.73. The van der Waals surface area contributed by atoms with Crippen molar-refractivity contribution in [3.63, 3.8) is 0 Å². The molecule has 1 unspecified atom stereocenters. The third kappa shape index (κ3) is 3.66. The molecule has 0 aliphatic carbocycles. The fraction of sp³-hybridized carbons (Fsp3) is 0.500. The average Bonchev–Trinajstić information content (AvgIpc) is 2.92. The molecule has 3 N–H and O–H groups in total. The number of fused-ring (bicyclic) bond motifs is 1. The van der Waals surface area contributed by atoms with Gasteiger partial charge in [0.1, 0.15) is 6.04 Å². The zero-order chi connectivity index (χ0) is 17.8. The maximum absolute atomic E-state index is 12.7. The maximum Gasteiger partial charge on any atom is 0.255 e. The van der Waals surface area contributed by atoms with Crippen LogP contribution in [-0.2, 0) is 16.1 Å². The minimum Gasteiger partial charge on any atom is -0.396 e. The second kappa shape index (κ2) is 7.65. The van der Waals surface area contributed by atoms with Crippen molar-refractivity contribution in [2.24, 2.45) is 0 Å². The van der Waals surface area contributed by atoms with Gasteiger partial charge in [0.05, 0.1) is 0 Å². The summed E-state index contributed by atoms with van der Waals surface area (Å²) in [5, 5.41) is 14.5. The maximum atomic E-state index is 12.7. The van der Waals surface area contributed by atoms with Crippen LogP contribution in [0.5, 0.6) is 0 Å². The summed E-state index contributed by atoms with van der Waals surface area (Å²) in [6.07, 6.45) is 3.30. The molecule has 0 aromatic heterocycles. The van der Waals surface area contributed by atoms with Crippen molar-refractivity contribution in [1.82, 2.24) is 10.2 Å². The van der Waals surface area contributed by atoms with Gasteiger partial charge in [0, 0.05) is 42.9 Å². The molecule has 7 heteroatoms. The van der Waals surface area contributed by atoms with Crippen LogP contribution in [0.1, 0.15) is 48.0 Å². The molecule has 1 fully saturated rings. The largest absolute Gasteiger partial charge is 0.396 e. The number of piperidine rings is 1. The summed E-state index contributed by atoms with van der Waals surface area (Å²) >= 11 is 0. The lowest BCUT2D eigenvalue weighted by molar-refractivity contribution is -0.136. The quantitative estimate of drug-likeness (QED) is 0.506. The van der Waals surface area contributed by atoms with E-state index in [2.05, 4.69) is 10.6 Å². The Labute approximate surface area is 146 Å². The number of rotatable bonds is 7. The number of nitrogens with one attached hydrogen (secondary N) is 2. The molecule has 3 rings (SSSR count). The fourth-order valence-electron chi connectivity index (χ4n) is 3.39. The van der Waals surface area contributed by atoms with E-state index in [0.717, 1.165) is 37.1 Å². The zero-order valence-electron chi connectivity index (χ0n) is 14.1. The molecule has 0 saturated carbocycles. The molecule has 1 saturated heterocycles. The summed E-state index contributed by atoms with van der Waals surface area (Å²) in [5.41, 5.74) is 2.43. The van der Waals surface area contributed by atoms with Crippen LogP contribution < -0.4 is 10.6 Å². The Balaban J connectivity index is 1.69. The molecule has 0 spiro atoms. The SMILES string of the molecule is O=C1CCC(N2Cc3c(NCCCCCO)cccc3C2=O)C(=O)N1. The van der Waals surface area contributed by atoms with Crippen LogP contribution >= 0.6 is 0 Å². The molecule has 0 bridgehead atoms. The van der Waals surface area contributed by atoms with E-state index in [1.807, 2.05) is 12.1 Å². The number of hydrogen-bond acceptors (Lipinski definition) is 5. The molecule has 1 aromatic carbocycles. The molecule has 0 radical (unpaired) electrons. The van der Waals surface area contributed by atoms with Crippen LogP contribution in [0.15, 0.2) is 18.2 Å². The number of amides is 3. The number of hydrogen-bond donors (Lipinski definition) is 3. The third-order valence-corrected chi connectivity index (χ3v) is 4.73. The second-order valence-electron chi connectivity index (χ2n) is 6.44. The molecule has 2 heterocycles. The Hall–Kier alpha value is -2.41. The van der Waals surface area contributed by atoms with E-state index >= 15 is 0 Å². The van der Waals surface area contributed by atoms with Crippen LogP contribution in [0.2, 0.25) is 0 Å². The van der Waals surface area contributed by atoms with E-state index in [1.54, 1.807) is 11.0 Å². The van der Waals surface area contributed by atoms with Crippen molar-refractivity contribution in [1.29, 1.82) is 0 Å². The Kier molecular flexibility index (Phi) is 5.33. The molecule has 3 amide bonds. The van der Waals surface area contributed by atoms with Crippen molar-refractivity contribution < 1.29 is 19.5 Å². The Morgan fingerprint density at radius 1 is 1.20 bits per heavy atom. The predicted molar refractivity (Wildman–Crippen MR) is 91.9 cm³/mol. The minimum atomic E-state index is -0.588. The first kappa shape index (κ1) is 17.4. The number of anilines is 1. The Morgan fingerprint density at radius 2 is 2.04 bits per heavy atom. The summed E-state index contributed by atoms with van der Waals surface area (Å²) in [7, 11) is 0. The molecule has 7 nitrogen and oxygen atoms in total. The van der Waals surface area contributed by atoms with E-state index < -0.39 is 11.9 Å². The van der Waals surface area contributed by atoms with Gasteiger partial charge in [0.15, 0.2) is 0 Å². The van der Waals surface area contributed by atoms with E-state index in [-0.39, 0.29) is 24.8 Å². The highest BCUT2D eigenvalue weighted by atomic mass is 16.3. The number of imide groups is 1. The van der Waals surface area contributed by atoms with E-state index in [9.17, 15) is 14.4 Å². The number of benzene rings is 1. The van der Waals surface area contributed by atoms with E-state index in [1.165, 1.54) is 0 Å². The van der Waals surface area contributed by atoms with Crippen molar-refractivity contribution in [3.05, 3.63) is 29.3 Å². The normalized spacial score (nSPS) is 19.8. The first-order valence-electron chi connectivity index (χ1n) is 8.73. The lowest BCUT2D eigenvalue weighted by Gasteiger charge is -2.29. The lowest BCUT2D eigenvalue weighted by Crippen LogP contribution is -2.52. The van der Waals surface area contributed by atoms with Crippen LogP contribution in [0.3, 0.4) is 0 Å². The topological polar surface area (TPSA) is 98.7 Å². The van der Waals surface area contributed by atoms with Crippen molar-refractivity contribution in [2.75, 3.05) is 18.5 Å². The summed E-state index contributed by atoms with van der Waals surface area (Å²) in [6.45, 7) is 1.35. The monoisotopic (exact) mass is 345 g/mol. The first-order chi connectivity index (χ1) is 12.1. The predicted octanol–water partition coefficient (Wildman–Crippen LogP) is 1.02. The number of carbonyl (C=O) groups excluding carboxylic acids is 3. The molecular weight excluding hydrogens is 322 g/mol. The van der Waals surface area contributed by atoms with Crippen molar-refractivity contribution in [2.45, 2.75) is 44.7 Å². The van der Waals surface area contributed by atoms with Crippen LogP contribution in [0.25, 0.3) is 0 Å². The molecular formula is C18H23N3O4. The highest BCUT2D eigenvalue weighted by Crippen LogP contribution is 2.32. The lowest BCUT2D eigenvalue weighted by atomic mass is 10.0. The van der Waals surface area contributed by atoms with E-state index in [0.29, 0.717) is 18.5 Å². The van der Waals surface area contributed by atoms with Crippen LogP contribution in [-0.4, -0.2) is 46.9 Å². The number of aliphatic hydroxyl groups is 1. The Bertz CT molecular complexity index is 689. The van der Waals surface area contributed by atoms with Crippen LogP contribution in [0, 0.1) is 0 Å². The minimum absolute atomic E-state index is 0.159. The van der Waals surface area contributed by atoms with Gasteiger partial charge in [0.25, 0.3) is 5.91 Å². The van der Waals surface area contributed by atoms with Crippen molar-refractivity contribution >= 4 is 23.4 Å². The summed E-state index contributed by atoms with van der Waals surface area (Å²) < 4.78 is 0. The van der Waals surface area contributed by atoms with Gasteiger partial charge in [-0.1, -0.05) is 6.07 Å². The zero-order valence-corrected chi connectivity index (χ0v) is 14.1. The number of aliphatic hydroxyl groups excluding tert-OH is 1. The number of nitrogens with zero attached hydrogens (tertiary/aromatic N) is 1. The van der Waals surface area contributed by atoms with Gasteiger partial charge in [-0.05, 0) is 37.8 Å². The molecule has 134 valence electrons. The summed E-state index contributed by atoms with van der Waals surface area (Å²) in [6, 6.07) is 4.96. The van der Waals surface area contributed by atoms with Gasteiger partial charge in [0.2, 0.25) is 11.8 Å². The number of carbonyl (C=O) groups is 3. The number of unbranched alkanes of at least 4 members (excludes halogenated alkanes) is 2. The third-order valence-electron chi connectivity index (χ3n) is 4.73. The average molecular weight is 345 g/mol. The molecule has 2 aliphatic heterocycles. The van der Waals surface area contributed by atoms with Gasteiger partial charge in [-0.15, -0.1) is 0 Å². The van der Waals surface area contributed by atoms with Crippen molar-refractivity contribution in [3.8, 4) is 0 Å². The van der Waals surface area contributed by atoms with Crippen LogP contribution in [0.4, 0.5) is 5.69 Å². The molecule has 1 atom stereocenters. The summed E-state index contributed by atoms with van der Waals surface area (Å²) in [5.74, 6) is -0.833. The van der Waals surface area contributed by atoms with Gasteiger partial charge in [-0.2, -0.15) is 0 Å². The van der Waals surface area contributed by atoms with Gasteiger partial charge in [-0.25, -0.2) is 0 Å². The van der Waals surface area contributed by atoms with Gasteiger partial charge < -0.3 is 15.3 Å². The smallest absolute Gasteiger partial charge is 0.255 e. The van der Waals surface area contributed by atoms with Gasteiger partial charge in [-0.3, -0.25) is 19.7 Å². The second-order valence-corrected chi connectivity index (χ2v) is 6.44. The summed E-state index contributed by atoms with van der Waals surface area (Å²) in [4.78, 5) is 37.7. The Morgan fingerprint density at radius 3 is 2.80 bits per heavy atom. The fourth-order valence-corrected chi connectivity index (χ4v) is 3.39. The standard InChI is InChI=1S/C18H23N3O4/c22-10-3-1-2-9-19-14-6-4-5-12-13(14)11-21(18(12)25)15-7-8-16(23)20-17(15)24/h4-6,15,19,22H,1-3,7-11H2,(H,20,23,24). The molecule has 1 aromatic rings. The highest BCUT2D eigenvalue weighted by Gasteiger charge is 2.39.